The number of hydrogen-bond donors (Lipinski definition) is 2. The molecule has 2 N–H and O–H groups in total. The molecular formula is C21H31IN4O. The van der Waals surface area contributed by atoms with Crippen molar-refractivity contribution in [2.45, 2.75) is 12.5 Å². The topological polar surface area (TPSA) is 48.9 Å². The molecule has 0 aliphatic heterocycles. The molecule has 148 valence electrons. The minimum Gasteiger partial charge on any atom is -0.496 e. The molecule has 0 bridgehead atoms. The van der Waals surface area contributed by atoms with Gasteiger partial charge in [0.2, 0.25) is 0 Å². The number of nitrogens with zero attached hydrogens (tertiary/aromatic N) is 2. The summed E-state index contributed by atoms with van der Waals surface area (Å²) in [4.78, 5) is 6.54. The molecule has 0 aliphatic rings. The molecule has 6 heteroatoms. The van der Waals surface area contributed by atoms with Crippen LogP contribution < -0.4 is 15.4 Å². The molecule has 2 aromatic rings. The average molecular weight is 482 g/mol. The third-order valence-corrected chi connectivity index (χ3v) is 4.37. The van der Waals surface area contributed by atoms with Crippen LogP contribution >= 0.6 is 24.0 Å². The van der Waals surface area contributed by atoms with E-state index in [0.717, 1.165) is 31.2 Å². The van der Waals surface area contributed by atoms with Crippen LogP contribution in [0.1, 0.15) is 17.2 Å². The molecule has 0 amide bonds. The number of hydrogen-bond acceptors (Lipinski definition) is 3. The predicted octanol–water partition coefficient (Wildman–Crippen LogP) is 3.32. The van der Waals surface area contributed by atoms with E-state index in [9.17, 15) is 0 Å². The van der Waals surface area contributed by atoms with E-state index >= 15 is 0 Å². The van der Waals surface area contributed by atoms with Gasteiger partial charge in [-0.2, -0.15) is 0 Å². The van der Waals surface area contributed by atoms with Crippen molar-refractivity contribution in [1.82, 2.24) is 15.5 Å². The van der Waals surface area contributed by atoms with Crippen LogP contribution in [0.5, 0.6) is 5.75 Å². The van der Waals surface area contributed by atoms with E-state index in [0.29, 0.717) is 0 Å². The highest BCUT2D eigenvalue weighted by Gasteiger charge is 2.14. The molecule has 0 fully saturated rings. The Hall–Kier alpha value is -1.80. The number of guanidine groups is 1. The van der Waals surface area contributed by atoms with Gasteiger partial charge in [-0.15, -0.1) is 24.0 Å². The first-order valence-electron chi connectivity index (χ1n) is 8.93. The Morgan fingerprint density at radius 1 is 1.04 bits per heavy atom. The Bertz CT molecular complexity index is 692. The van der Waals surface area contributed by atoms with Crippen LogP contribution in [0.3, 0.4) is 0 Å². The highest BCUT2D eigenvalue weighted by atomic mass is 127. The quantitative estimate of drug-likeness (QED) is 0.345. The number of rotatable bonds is 8. The number of methoxy groups -OCH3 is 1. The maximum Gasteiger partial charge on any atom is 0.191 e. The standard InChI is InChI=1S/C21H30N4O.HI/c1-22-21(23-15-14-18-12-8-9-13-20(18)26-4)24-16-19(25(2)3)17-10-6-5-7-11-17;/h5-13,19H,14-16H2,1-4H3,(H2,22,23,24);1H. The summed E-state index contributed by atoms with van der Waals surface area (Å²) in [5.41, 5.74) is 2.47. The van der Waals surface area contributed by atoms with Crippen LogP contribution in [0.4, 0.5) is 0 Å². The number of aliphatic imine (C=N–C) groups is 1. The van der Waals surface area contributed by atoms with E-state index in [-0.39, 0.29) is 30.0 Å². The maximum absolute atomic E-state index is 5.40. The SMILES string of the molecule is CN=C(NCCc1ccccc1OC)NCC(c1ccccc1)N(C)C.I. The smallest absolute Gasteiger partial charge is 0.191 e. The van der Waals surface area contributed by atoms with Crippen molar-refractivity contribution in [1.29, 1.82) is 0 Å². The van der Waals surface area contributed by atoms with Gasteiger partial charge in [-0.05, 0) is 37.7 Å². The number of nitrogens with one attached hydrogen (secondary N) is 2. The van der Waals surface area contributed by atoms with Crippen LogP contribution in [-0.2, 0) is 6.42 Å². The molecule has 1 atom stereocenters. The van der Waals surface area contributed by atoms with E-state index in [1.54, 1.807) is 14.2 Å². The number of para-hydroxylation sites is 1. The molecule has 0 radical (unpaired) electrons. The minimum absolute atomic E-state index is 0. The summed E-state index contributed by atoms with van der Waals surface area (Å²) < 4.78 is 5.40. The highest BCUT2D eigenvalue weighted by molar-refractivity contribution is 14.0. The largest absolute Gasteiger partial charge is 0.496 e. The summed E-state index contributed by atoms with van der Waals surface area (Å²) >= 11 is 0. The normalized spacial score (nSPS) is 12.3. The van der Waals surface area contributed by atoms with Gasteiger partial charge in [-0.1, -0.05) is 48.5 Å². The van der Waals surface area contributed by atoms with Crippen LogP contribution in [0.2, 0.25) is 0 Å². The molecule has 0 saturated carbocycles. The molecule has 0 spiro atoms. The second kappa shape index (κ2) is 12.6. The Kier molecular flexibility index (Phi) is 10.8. The fourth-order valence-corrected chi connectivity index (χ4v) is 2.91. The van der Waals surface area contributed by atoms with Crippen LogP contribution in [0, 0.1) is 0 Å². The molecule has 0 saturated heterocycles. The summed E-state index contributed by atoms with van der Waals surface area (Å²) in [6, 6.07) is 18.9. The minimum atomic E-state index is 0. The molecule has 5 nitrogen and oxygen atoms in total. The van der Waals surface area contributed by atoms with Crippen molar-refractivity contribution < 1.29 is 4.74 Å². The van der Waals surface area contributed by atoms with Gasteiger partial charge in [0.15, 0.2) is 5.96 Å². The lowest BCUT2D eigenvalue weighted by Gasteiger charge is -2.26. The van der Waals surface area contributed by atoms with Crippen molar-refractivity contribution in [2.75, 3.05) is 41.3 Å². The Labute approximate surface area is 180 Å². The second-order valence-corrected chi connectivity index (χ2v) is 6.33. The van der Waals surface area contributed by atoms with Crippen LogP contribution in [-0.4, -0.2) is 52.2 Å². The van der Waals surface area contributed by atoms with Gasteiger partial charge in [0.1, 0.15) is 5.75 Å². The lowest BCUT2D eigenvalue weighted by Crippen LogP contribution is -2.42. The number of benzene rings is 2. The molecule has 0 aliphatic carbocycles. The van der Waals surface area contributed by atoms with Crippen LogP contribution in [0.25, 0.3) is 0 Å². The van der Waals surface area contributed by atoms with E-state index in [4.69, 9.17) is 4.74 Å². The first-order chi connectivity index (χ1) is 12.7. The molecule has 27 heavy (non-hydrogen) atoms. The Morgan fingerprint density at radius 2 is 1.70 bits per heavy atom. The fourth-order valence-electron chi connectivity index (χ4n) is 2.91. The van der Waals surface area contributed by atoms with Gasteiger partial charge in [-0.25, -0.2) is 0 Å². The van der Waals surface area contributed by atoms with Crippen molar-refractivity contribution in [2.24, 2.45) is 4.99 Å². The van der Waals surface area contributed by atoms with Gasteiger partial charge in [0, 0.05) is 20.1 Å². The zero-order chi connectivity index (χ0) is 18.8. The van der Waals surface area contributed by atoms with Gasteiger partial charge in [0.05, 0.1) is 13.2 Å². The molecule has 0 aromatic heterocycles. The van der Waals surface area contributed by atoms with Crippen molar-refractivity contribution >= 4 is 29.9 Å². The zero-order valence-corrected chi connectivity index (χ0v) is 18.9. The number of halogens is 1. The zero-order valence-electron chi connectivity index (χ0n) is 16.6. The second-order valence-electron chi connectivity index (χ2n) is 6.33. The van der Waals surface area contributed by atoms with Crippen molar-refractivity contribution in [3.63, 3.8) is 0 Å². The third-order valence-electron chi connectivity index (χ3n) is 4.37. The summed E-state index contributed by atoms with van der Waals surface area (Å²) in [5, 5.41) is 6.81. The fraction of sp³-hybridized carbons (Fsp3) is 0.381. The maximum atomic E-state index is 5.40. The number of ether oxygens (including phenoxy) is 1. The summed E-state index contributed by atoms with van der Waals surface area (Å²) in [7, 11) is 7.69. The lowest BCUT2D eigenvalue weighted by atomic mass is 10.1. The lowest BCUT2D eigenvalue weighted by molar-refractivity contribution is 0.298. The molecule has 2 aromatic carbocycles. The Balaban J connectivity index is 0.00000364. The molecule has 1 unspecified atom stereocenters. The molecule has 0 heterocycles. The van der Waals surface area contributed by atoms with Gasteiger partial charge in [-0.3, -0.25) is 4.99 Å². The van der Waals surface area contributed by atoms with E-state index in [1.807, 2.05) is 24.3 Å². The third kappa shape index (κ3) is 7.38. The highest BCUT2D eigenvalue weighted by Crippen LogP contribution is 2.18. The monoisotopic (exact) mass is 482 g/mol. The molecular weight excluding hydrogens is 451 g/mol. The summed E-state index contributed by atoms with van der Waals surface area (Å²) in [6.45, 7) is 1.57. The summed E-state index contributed by atoms with van der Waals surface area (Å²) in [6.07, 6.45) is 0.876. The number of likely N-dealkylation sites (N-methyl/N-ethyl adjacent to an activating group) is 1. The van der Waals surface area contributed by atoms with Gasteiger partial charge in [0.25, 0.3) is 0 Å². The van der Waals surface area contributed by atoms with E-state index in [2.05, 4.69) is 65.0 Å². The Morgan fingerprint density at radius 3 is 2.33 bits per heavy atom. The van der Waals surface area contributed by atoms with Gasteiger partial charge < -0.3 is 20.3 Å². The van der Waals surface area contributed by atoms with Crippen LogP contribution in [0.15, 0.2) is 59.6 Å². The molecule has 2 rings (SSSR count). The van der Waals surface area contributed by atoms with Crippen molar-refractivity contribution in [3.8, 4) is 5.75 Å². The summed E-state index contributed by atoms with van der Waals surface area (Å²) in [5.74, 6) is 1.73. The van der Waals surface area contributed by atoms with Crippen molar-refractivity contribution in [3.05, 3.63) is 65.7 Å². The predicted molar refractivity (Wildman–Crippen MR) is 124 cm³/mol. The average Bonchev–Trinajstić information content (AvgIpc) is 2.67. The van der Waals surface area contributed by atoms with Gasteiger partial charge >= 0.3 is 0 Å². The first-order valence-corrected chi connectivity index (χ1v) is 8.93. The van der Waals surface area contributed by atoms with E-state index in [1.165, 1.54) is 11.1 Å². The first kappa shape index (κ1) is 23.2. The van der Waals surface area contributed by atoms with E-state index < -0.39 is 0 Å².